The standard InChI is InChI=1S/C12H14ClN3O2S.C6H5ClS/c13-10-5-9(6-14)1-2-11(10)19(18)16-4-3-12(17,7-15)8-16;7-5-1-3-6(8)4-2-5/h1-2,5,17H,3-4,7-8,15H2;1-4,8H/t12-,19?;/m1./s1. The molecule has 0 saturated carbocycles. The van der Waals surface area contributed by atoms with Crippen LogP contribution in [0.3, 0.4) is 0 Å². The van der Waals surface area contributed by atoms with E-state index < -0.39 is 16.6 Å². The lowest BCUT2D eigenvalue weighted by molar-refractivity contribution is 0.0655. The molecule has 0 radical (unpaired) electrons. The number of halogens is 2. The van der Waals surface area contributed by atoms with E-state index in [1.54, 1.807) is 16.4 Å². The first-order chi connectivity index (χ1) is 12.8. The highest BCUT2D eigenvalue weighted by Crippen LogP contribution is 2.28. The molecule has 144 valence electrons. The first-order valence-corrected chi connectivity index (χ1v) is 10.3. The minimum atomic E-state index is -1.45. The van der Waals surface area contributed by atoms with Gasteiger partial charge in [0.25, 0.3) is 0 Å². The number of nitrogens with two attached hydrogens (primary N) is 1. The molecule has 1 aliphatic rings. The minimum absolute atomic E-state index is 0.141. The van der Waals surface area contributed by atoms with Gasteiger partial charge in [-0.1, -0.05) is 23.2 Å². The minimum Gasteiger partial charge on any atom is -0.387 e. The van der Waals surface area contributed by atoms with Crippen molar-refractivity contribution in [3.63, 3.8) is 0 Å². The number of nitrogens with zero attached hydrogens (tertiary/aromatic N) is 2. The van der Waals surface area contributed by atoms with Crippen molar-refractivity contribution in [1.29, 1.82) is 5.26 Å². The molecular formula is C18H19Cl2N3O2S2. The van der Waals surface area contributed by atoms with Crippen molar-refractivity contribution in [2.75, 3.05) is 19.6 Å². The molecule has 1 aliphatic heterocycles. The maximum absolute atomic E-state index is 12.4. The highest BCUT2D eigenvalue weighted by atomic mass is 35.5. The van der Waals surface area contributed by atoms with E-state index in [-0.39, 0.29) is 13.1 Å². The van der Waals surface area contributed by atoms with E-state index in [0.29, 0.717) is 28.4 Å². The van der Waals surface area contributed by atoms with E-state index in [0.717, 1.165) is 9.92 Å². The van der Waals surface area contributed by atoms with Crippen LogP contribution in [0.25, 0.3) is 0 Å². The number of β-amino-alcohol motifs (C(OH)–C–C–N with tert-alkyl or cyclic N) is 1. The van der Waals surface area contributed by atoms with Crippen LogP contribution < -0.4 is 5.73 Å². The van der Waals surface area contributed by atoms with Gasteiger partial charge in [0.1, 0.15) is 11.0 Å². The number of hydrogen-bond acceptors (Lipinski definition) is 5. The molecule has 0 aliphatic carbocycles. The zero-order valence-electron chi connectivity index (χ0n) is 14.3. The molecule has 9 heteroatoms. The summed E-state index contributed by atoms with van der Waals surface area (Å²) in [6.07, 6.45) is 0.489. The third kappa shape index (κ3) is 6.19. The van der Waals surface area contributed by atoms with Gasteiger partial charge in [0.05, 0.1) is 27.2 Å². The molecule has 1 fully saturated rings. The molecular weight excluding hydrogens is 425 g/mol. The van der Waals surface area contributed by atoms with Crippen LogP contribution in [0.4, 0.5) is 0 Å². The third-order valence-corrected chi connectivity index (χ3v) is 6.48. The number of hydrogen-bond donors (Lipinski definition) is 3. The lowest BCUT2D eigenvalue weighted by Gasteiger charge is -2.21. The van der Waals surface area contributed by atoms with Crippen molar-refractivity contribution in [3.05, 3.63) is 58.1 Å². The second kappa shape index (κ2) is 9.89. The average Bonchev–Trinajstić information content (AvgIpc) is 3.07. The summed E-state index contributed by atoms with van der Waals surface area (Å²) in [5, 5.41) is 19.8. The van der Waals surface area contributed by atoms with Crippen LogP contribution in [0.5, 0.6) is 0 Å². The van der Waals surface area contributed by atoms with Gasteiger partial charge in [0.2, 0.25) is 0 Å². The van der Waals surface area contributed by atoms with Crippen molar-refractivity contribution in [3.8, 4) is 6.07 Å². The molecule has 0 spiro atoms. The van der Waals surface area contributed by atoms with Crippen LogP contribution in [0, 0.1) is 11.3 Å². The van der Waals surface area contributed by atoms with Gasteiger partial charge < -0.3 is 10.8 Å². The quantitative estimate of drug-likeness (QED) is 0.634. The monoisotopic (exact) mass is 443 g/mol. The molecule has 0 bridgehead atoms. The molecule has 0 aromatic heterocycles. The normalized spacial score (nSPS) is 20.4. The Bertz CT molecular complexity index is 838. The molecule has 1 unspecified atom stereocenters. The van der Waals surface area contributed by atoms with E-state index in [2.05, 4.69) is 12.6 Å². The predicted octanol–water partition coefficient (Wildman–Crippen LogP) is 3.26. The van der Waals surface area contributed by atoms with Crippen molar-refractivity contribution in [2.45, 2.75) is 21.8 Å². The first-order valence-electron chi connectivity index (χ1n) is 8.01. The molecule has 2 aromatic rings. The lowest BCUT2D eigenvalue weighted by atomic mass is 10.1. The molecule has 1 heterocycles. The van der Waals surface area contributed by atoms with Crippen LogP contribution >= 0.6 is 35.8 Å². The Labute approximate surface area is 176 Å². The van der Waals surface area contributed by atoms with Crippen molar-refractivity contribution in [2.24, 2.45) is 5.73 Å². The molecule has 27 heavy (non-hydrogen) atoms. The van der Waals surface area contributed by atoms with Gasteiger partial charge in [-0.15, -0.1) is 12.6 Å². The number of rotatable bonds is 3. The second-order valence-electron chi connectivity index (χ2n) is 6.02. The van der Waals surface area contributed by atoms with Gasteiger partial charge in [-0.3, -0.25) is 0 Å². The van der Waals surface area contributed by atoms with E-state index in [4.69, 9.17) is 34.2 Å². The highest BCUT2D eigenvalue weighted by molar-refractivity contribution is 7.82. The van der Waals surface area contributed by atoms with Crippen LogP contribution in [0.1, 0.15) is 12.0 Å². The van der Waals surface area contributed by atoms with Crippen LogP contribution in [-0.2, 0) is 11.0 Å². The molecule has 3 rings (SSSR count). The van der Waals surface area contributed by atoms with Gasteiger partial charge in [0, 0.05) is 29.6 Å². The lowest BCUT2D eigenvalue weighted by Crippen LogP contribution is -2.40. The number of nitriles is 1. The van der Waals surface area contributed by atoms with Gasteiger partial charge >= 0.3 is 0 Å². The number of thiol groups is 1. The Balaban J connectivity index is 0.000000273. The predicted molar refractivity (Wildman–Crippen MR) is 111 cm³/mol. The Morgan fingerprint density at radius 3 is 2.44 bits per heavy atom. The van der Waals surface area contributed by atoms with Gasteiger partial charge in [0.15, 0.2) is 0 Å². The fraction of sp³-hybridized carbons (Fsp3) is 0.278. The molecule has 1 saturated heterocycles. The summed E-state index contributed by atoms with van der Waals surface area (Å²) in [6, 6.07) is 13.9. The van der Waals surface area contributed by atoms with Crippen molar-refractivity contribution in [1.82, 2.24) is 4.31 Å². The number of benzene rings is 2. The summed E-state index contributed by atoms with van der Waals surface area (Å²) >= 11 is 15.7. The Kier molecular flexibility index (Phi) is 8.13. The summed E-state index contributed by atoms with van der Waals surface area (Å²) in [5.41, 5.74) is 4.94. The summed E-state index contributed by atoms with van der Waals surface area (Å²) in [5.74, 6) is 0. The van der Waals surface area contributed by atoms with E-state index in [9.17, 15) is 9.32 Å². The van der Waals surface area contributed by atoms with Crippen LogP contribution in [0.15, 0.2) is 52.3 Å². The summed E-state index contributed by atoms with van der Waals surface area (Å²) in [4.78, 5) is 1.39. The smallest absolute Gasteiger partial charge is 0.129 e. The SMILES string of the molecule is N#Cc1ccc(S(=O)N2CC[C@@](O)(CN)C2)c(Cl)c1.Sc1ccc(Cl)cc1. The van der Waals surface area contributed by atoms with E-state index >= 15 is 0 Å². The molecule has 2 aromatic carbocycles. The summed E-state index contributed by atoms with van der Waals surface area (Å²) < 4.78 is 14.0. The number of aliphatic hydroxyl groups is 1. The second-order valence-corrected chi connectivity index (χ2v) is 8.84. The van der Waals surface area contributed by atoms with Gasteiger partial charge in [-0.25, -0.2) is 8.51 Å². The Hall–Kier alpha value is -1.11. The van der Waals surface area contributed by atoms with Crippen molar-refractivity contribution < 1.29 is 9.32 Å². The maximum atomic E-state index is 12.4. The zero-order chi connectivity index (χ0) is 20.0. The topological polar surface area (TPSA) is 90.3 Å². The Morgan fingerprint density at radius 2 is 1.96 bits per heavy atom. The zero-order valence-corrected chi connectivity index (χ0v) is 17.5. The molecule has 3 N–H and O–H groups in total. The molecule has 0 amide bonds. The maximum Gasteiger partial charge on any atom is 0.129 e. The largest absolute Gasteiger partial charge is 0.387 e. The van der Waals surface area contributed by atoms with E-state index in [1.807, 2.05) is 30.3 Å². The third-order valence-electron chi connectivity index (χ3n) is 3.99. The van der Waals surface area contributed by atoms with Gasteiger partial charge in [-0.05, 0) is 48.9 Å². The summed E-state index contributed by atoms with van der Waals surface area (Å²) in [7, 11) is -1.45. The average molecular weight is 444 g/mol. The fourth-order valence-electron chi connectivity index (χ4n) is 2.42. The van der Waals surface area contributed by atoms with E-state index in [1.165, 1.54) is 6.07 Å². The molecule has 5 nitrogen and oxygen atoms in total. The first kappa shape index (κ1) is 22.2. The van der Waals surface area contributed by atoms with Gasteiger partial charge in [-0.2, -0.15) is 5.26 Å². The summed E-state index contributed by atoms with van der Waals surface area (Å²) in [6.45, 7) is 0.894. The Morgan fingerprint density at radius 1 is 1.30 bits per heavy atom. The highest BCUT2D eigenvalue weighted by Gasteiger charge is 2.37. The molecule has 2 atom stereocenters. The fourth-order valence-corrected chi connectivity index (χ4v) is 4.38. The van der Waals surface area contributed by atoms with Crippen LogP contribution in [0.2, 0.25) is 10.0 Å². The van der Waals surface area contributed by atoms with Crippen molar-refractivity contribution >= 4 is 46.8 Å². The van der Waals surface area contributed by atoms with Crippen LogP contribution in [-0.4, -0.2) is 38.9 Å².